The quantitative estimate of drug-likeness (QED) is 0.831. The van der Waals surface area contributed by atoms with Gasteiger partial charge in [0.05, 0.1) is 11.2 Å². The van der Waals surface area contributed by atoms with E-state index in [4.69, 9.17) is 9.31 Å². The van der Waals surface area contributed by atoms with Gasteiger partial charge in [-0.25, -0.2) is 8.78 Å². The molecule has 0 unspecified atom stereocenters. The number of hydrogen-bond donors (Lipinski definition) is 1. The minimum absolute atomic E-state index is 0.223. The molecule has 1 saturated heterocycles. The fourth-order valence-electron chi connectivity index (χ4n) is 2.92. The van der Waals surface area contributed by atoms with Gasteiger partial charge in [-0.3, -0.25) is 4.79 Å². The maximum atomic E-state index is 14.3. The fraction of sp³-hybridized carbons (Fsp3) is 0.350. The van der Waals surface area contributed by atoms with E-state index in [1.165, 1.54) is 19.1 Å². The molecule has 1 N–H and O–H groups in total. The van der Waals surface area contributed by atoms with Gasteiger partial charge in [0.1, 0.15) is 11.6 Å². The van der Waals surface area contributed by atoms with Crippen LogP contribution in [0.15, 0.2) is 36.4 Å². The Labute approximate surface area is 158 Å². The summed E-state index contributed by atoms with van der Waals surface area (Å²) in [6.07, 6.45) is 0. The Hall–Kier alpha value is -2.25. The molecule has 1 aliphatic rings. The predicted molar refractivity (Wildman–Crippen MR) is 102 cm³/mol. The third-order valence-corrected chi connectivity index (χ3v) is 5.04. The molecule has 0 bridgehead atoms. The fourth-order valence-corrected chi connectivity index (χ4v) is 2.92. The zero-order valence-electron chi connectivity index (χ0n) is 16.0. The molecular weight excluding hydrogens is 351 g/mol. The number of halogens is 2. The molecule has 1 fully saturated rings. The van der Waals surface area contributed by atoms with E-state index >= 15 is 0 Å². The Morgan fingerprint density at radius 1 is 1.00 bits per heavy atom. The molecule has 27 heavy (non-hydrogen) atoms. The lowest BCUT2D eigenvalue weighted by Gasteiger charge is -2.32. The SMILES string of the molecule is CC(=O)Nc1cc(B2OC(C)(C)C(C)(C)O2)cc(-c2ccc(F)cc2F)c1. The van der Waals surface area contributed by atoms with Gasteiger partial charge in [0.2, 0.25) is 5.91 Å². The van der Waals surface area contributed by atoms with Crippen LogP contribution in [0.2, 0.25) is 0 Å². The molecule has 0 spiro atoms. The zero-order chi connectivity index (χ0) is 20.0. The van der Waals surface area contributed by atoms with Crippen LogP contribution in [0.5, 0.6) is 0 Å². The van der Waals surface area contributed by atoms with E-state index in [2.05, 4.69) is 5.32 Å². The minimum Gasteiger partial charge on any atom is -0.399 e. The maximum absolute atomic E-state index is 14.3. The molecule has 7 heteroatoms. The van der Waals surface area contributed by atoms with Crippen LogP contribution in [-0.2, 0) is 14.1 Å². The highest BCUT2D eigenvalue weighted by Gasteiger charge is 2.51. The molecule has 2 aromatic carbocycles. The van der Waals surface area contributed by atoms with Gasteiger partial charge in [-0.15, -0.1) is 0 Å². The van der Waals surface area contributed by atoms with Crippen LogP contribution in [0.4, 0.5) is 14.5 Å². The summed E-state index contributed by atoms with van der Waals surface area (Å²) < 4.78 is 39.7. The monoisotopic (exact) mass is 373 g/mol. The molecule has 0 radical (unpaired) electrons. The number of rotatable bonds is 3. The Kier molecular flexibility index (Phi) is 4.86. The summed E-state index contributed by atoms with van der Waals surface area (Å²) in [5, 5.41) is 2.70. The lowest BCUT2D eigenvalue weighted by molar-refractivity contribution is -0.114. The van der Waals surface area contributed by atoms with Gasteiger partial charge in [-0.2, -0.15) is 0 Å². The first-order valence-electron chi connectivity index (χ1n) is 8.72. The predicted octanol–water partition coefficient (Wildman–Crippen LogP) is 3.89. The van der Waals surface area contributed by atoms with E-state index in [9.17, 15) is 13.6 Å². The van der Waals surface area contributed by atoms with Gasteiger partial charge in [0, 0.05) is 24.2 Å². The standard InChI is InChI=1S/C20H22BF2NO3/c1-12(25)24-16-9-13(17-7-6-15(22)11-18(17)23)8-14(10-16)21-26-19(2,3)20(4,5)27-21/h6-11H,1-5H3,(H,24,25). The molecule has 4 nitrogen and oxygen atoms in total. The van der Waals surface area contributed by atoms with Crippen molar-refractivity contribution in [3.63, 3.8) is 0 Å². The number of carbonyl (C=O) groups excluding carboxylic acids is 1. The summed E-state index contributed by atoms with van der Waals surface area (Å²) in [5.74, 6) is -1.60. The van der Waals surface area contributed by atoms with Gasteiger partial charge in [0.25, 0.3) is 0 Å². The molecular formula is C20H22BF2NO3. The minimum atomic E-state index is -0.685. The topological polar surface area (TPSA) is 47.6 Å². The van der Waals surface area contributed by atoms with Gasteiger partial charge in [0.15, 0.2) is 0 Å². The number of carbonyl (C=O) groups is 1. The van der Waals surface area contributed by atoms with Crippen molar-refractivity contribution in [2.24, 2.45) is 0 Å². The Morgan fingerprint density at radius 3 is 2.19 bits per heavy atom. The van der Waals surface area contributed by atoms with Gasteiger partial charge in [-0.05, 0) is 63.0 Å². The molecule has 142 valence electrons. The summed E-state index contributed by atoms with van der Waals surface area (Å²) in [6.45, 7) is 9.13. The van der Waals surface area contributed by atoms with Crippen LogP contribution in [-0.4, -0.2) is 24.2 Å². The summed E-state index contributed by atoms with van der Waals surface area (Å²) in [7, 11) is -0.675. The second-order valence-corrected chi connectivity index (χ2v) is 7.74. The van der Waals surface area contributed by atoms with Crippen LogP contribution in [0.3, 0.4) is 0 Å². The summed E-state index contributed by atoms with van der Waals surface area (Å²) in [6, 6.07) is 8.48. The number of nitrogens with one attached hydrogen (secondary N) is 1. The second-order valence-electron chi connectivity index (χ2n) is 7.74. The number of anilines is 1. The molecule has 0 aliphatic carbocycles. The van der Waals surface area contributed by atoms with Crippen LogP contribution in [0, 0.1) is 11.6 Å². The van der Waals surface area contributed by atoms with Crippen molar-refractivity contribution in [1.29, 1.82) is 0 Å². The van der Waals surface area contributed by atoms with Crippen LogP contribution < -0.4 is 10.8 Å². The summed E-state index contributed by atoms with van der Waals surface area (Å²) >= 11 is 0. The van der Waals surface area contributed by atoms with E-state index in [1.54, 1.807) is 18.2 Å². The largest absolute Gasteiger partial charge is 0.494 e. The smallest absolute Gasteiger partial charge is 0.399 e. The third kappa shape index (κ3) is 3.89. The highest BCUT2D eigenvalue weighted by Crippen LogP contribution is 2.37. The average Bonchev–Trinajstić information content (AvgIpc) is 2.74. The van der Waals surface area contributed by atoms with Crippen LogP contribution in [0.25, 0.3) is 11.1 Å². The molecule has 0 aromatic heterocycles. The van der Waals surface area contributed by atoms with Crippen LogP contribution >= 0.6 is 0 Å². The van der Waals surface area contributed by atoms with Crippen molar-refractivity contribution >= 4 is 24.2 Å². The van der Waals surface area contributed by atoms with Crippen molar-refractivity contribution in [2.75, 3.05) is 5.32 Å². The molecule has 0 atom stereocenters. The van der Waals surface area contributed by atoms with E-state index < -0.39 is 30.0 Å². The van der Waals surface area contributed by atoms with Gasteiger partial charge in [-0.1, -0.05) is 6.07 Å². The van der Waals surface area contributed by atoms with Crippen molar-refractivity contribution in [2.45, 2.75) is 45.8 Å². The van der Waals surface area contributed by atoms with E-state index in [1.807, 2.05) is 27.7 Å². The first kappa shape index (κ1) is 19.5. The molecule has 0 saturated carbocycles. The Morgan fingerprint density at radius 2 is 1.63 bits per heavy atom. The Bertz CT molecular complexity index is 883. The number of amides is 1. The lowest BCUT2D eigenvalue weighted by Crippen LogP contribution is -2.41. The first-order valence-corrected chi connectivity index (χ1v) is 8.72. The van der Waals surface area contributed by atoms with Gasteiger partial charge < -0.3 is 14.6 Å². The molecule has 2 aromatic rings. The number of hydrogen-bond acceptors (Lipinski definition) is 3. The maximum Gasteiger partial charge on any atom is 0.494 e. The van der Waals surface area contributed by atoms with Crippen molar-refractivity contribution in [3.05, 3.63) is 48.0 Å². The molecule has 1 heterocycles. The van der Waals surface area contributed by atoms with E-state index in [-0.39, 0.29) is 11.5 Å². The summed E-state index contributed by atoms with van der Waals surface area (Å²) in [5.41, 5.74) is 0.753. The molecule has 1 aliphatic heterocycles. The van der Waals surface area contributed by atoms with E-state index in [0.717, 1.165) is 6.07 Å². The summed E-state index contributed by atoms with van der Waals surface area (Å²) in [4.78, 5) is 11.5. The molecule has 1 amide bonds. The van der Waals surface area contributed by atoms with Crippen molar-refractivity contribution in [1.82, 2.24) is 0 Å². The van der Waals surface area contributed by atoms with Crippen molar-refractivity contribution in [3.8, 4) is 11.1 Å². The van der Waals surface area contributed by atoms with Crippen LogP contribution in [0.1, 0.15) is 34.6 Å². The van der Waals surface area contributed by atoms with Crippen molar-refractivity contribution < 1.29 is 22.9 Å². The Balaban J connectivity index is 2.08. The highest BCUT2D eigenvalue weighted by atomic mass is 19.1. The molecule has 3 rings (SSSR count). The normalized spacial score (nSPS) is 17.8. The lowest BCUT2D eigenvalue weighted by atomic mass is 9.77. The highest BCUT2D eigenvalue weighted by molar-refractivity contribution is 6.62. The third-order valence-electron chi connectivity index (χ3n) is 5.04. The average molecular weight is 373 g/mol. The van der Waals surface area contributed by atoms with E-state index in [0.29, 0.717) is 16.7 Å². The number of benzene rings is 2. The zero-order valence-corrected chi connectivity index (χ0v) is 16.0. The van der Waals surface area contributed by atoms with Gasteiger partial charge >= 0.3 is 7.12 Å². The second kappa shape index (κ2) is 6.73. The first-order chi connectivity index (χ1) is 12.5.